The summed E-state index contributed by atoms with van der Waals surface area (Å²) in [5, 5.41) is 6.01. The molecule has 7 heteroatoms. The van der Waals surface area contributed by atoms with Crippen molar-refractivity contribution in [3.63, 3.8) is 0 Å². The molecular weight excluding hydrogens is 370 g/mol. The first kappa shape index (κ1) is 20.5. The van der Waals surface area contributed by atoms with Crippen LogP contribution in [-0.2, 0) is 14.3 Å². The molecule has 1 heterocycles. The third kappa shape index (κ3) is 6.14. The zero-order valence-electron chi connectivity index (χ0n) is 16.4. The Kier molecular flexibility index (Phi) is 6.94. The molecule has 1 aromatic heterocycles. The van der Waals surface area contributed by atoms with Crippen molar-refractivity contribution in [1.82, 2.24) is 15.6 Å². The number of amides is 3. The molecule has 1 aliphatic rings. The Hall–Kier alpha value is -3.22. The number of aromatic nitrogens is 1. The maximum atomic E-state index is 12.1. The van der Waals surface area contributed by atoms with Crippen molar-refractivity contribution in [2.45, 2.75) is 51.2 Å². The van der Waals surface area contributed by atoms with E-state index in [1.165, 1.54) is 25.5 Å². The number of nitrogens with zero attached hydrogens (tertiary/aromatic N) is 1. The summed E-state index contributed by atoms with van der Waals surface area (Å²) in [6, 6.07) is 10.9. The average molecular weight is 395 g/mol. The number of ether oxygens (including phenoxy) is 1. The van der Waals surface area contributed by atoms with Crippen molar-refractivity contribution in [3.05, 3.63) is 48.2 Å². The van der Waals surface area contributed by atoms with Gasteiger partial charge >= 0.3 is 12.0 Å². The number of pyridine rings is 1. The normalized spacial score (nSPS) is 15.8. The van der Waals surface area contributed by atoms with Gasteiger partial charge in [-0.15, -0.1) is 0 Å². The highest BCUT2D eigenvalue weighted by Crippen LogP contribution is 2.17. The largest absolute Gasteiger partial charge is 0.449 e. The Morgan fingerprint density at radius 3 is 2.66 bits per heavy atom. The number of urea groups is 1. The maximum absolute atomic E-state index is 12.1. The predicted octanol–water partition coefficient (Wildman–Crippen LogP) is 3.34. The Labute approximate surface area is 169 Å². The molecule has 1 fully saturated rings. The molecule has 0 aliphatic heterocycles. The fourth-order valence-electron chi connectivity index (χ4n) is 3.28. The number of carbonyl (C=O) groups is 3. The van der Waals surface area contributed by atoms with E-state index in [1.54, 1.807) is 6.07 Å². The lowest BCUT2D eigenvalue weighted by molar-refractivity contribution is -0.149. The van der Waals surface area contributed by atoms with Crippen LogP contribution < -0.4 is 10.6 Å². The van der Waals surface area contributed by atoms with Gasteiger partial charge in [-0.05, 0) is 38.0 Å². The topological polar surface area (TPSA) is 97.4 Å². The molecule has 29 heavy (non-hydrogen) atoms. The Bertz CT molecular complexity index is 919. The summed E-state index contributed by atoms with van der Waals surface area (Å²) in [5.41, 5.74) is 1.42. The van der Waals surface area contributed by atoms with E-state index < -0.39 is 24.0 Å². The molecule has 3 rings (SSSR count). The first-order valence-corrected chi connectivity index (χ1v) is 9.87. The number of para-hydroxylation sites is 1. The van der Waals surface area contributed by atoms with E-state index in [-0.39, 0.29) is 6.04 Å². The van der Waals surface area contributed by atoms with E-state index >= 15 is 0 Å². The van der Waals surface area contributed by atoms with Gasteiger partial charge in [0.25, 0.3) is 5.91 Å². The van der Waals surface area contributed by atoms with Gasteiger partial charge in [0, 0.05) is 17.5 Å². The van der Waals surface area contributed by atoms with E-state index in [1.807, 2.05) is 30.3 Å². The number of benzene rings is 1. The van der Waals surface area contributed by atoms with Crippen molar-refractivity contribution >= 4 is 34.9 Å². The van der Waals surface area contributed by atoms with Crippen molar-refractivity contribution in [3.8, 4) is 0 Å². The molecule has 152 valence electrons. The van der Waals surface area contributed by atoms with Crippen LogP contribution in [0.1, 0.15) is 44.7 Å². The zero-order valence-corrected chi connectivity index (χ0v) is 16.4. The lowest BCUT2D eigenvalue weighted by atomic mass is 9.96. The van der Waals surface area contributed by atoms with Gasteiger partial charge < -0.3 is 10.1 Å². The molecule has 0 bridgehead atoms. The van der Waals surface area contributed by atoms with E-state index in [9.17, 15) is 14.4 Å². The number of rotatable bonds is 5. The molecule has 1 unspecified atom stereocenters. The molecule has 1 aliphatic carbocycles. The van der Waals surface area contributed by atoms with Crippen LogP contribution in [0.2, 0.25) is 0 Å². The van der Waals surface area contributed by atoms with Gasteiger partial charge in [0.05, 0.1) is 11.2 Å². The van der Waals surface area contributed by atoms with Crippen molar-refractivity contribution in [1.29, 1.82) is 0 Å². The fraction of sp³-hybridized carbons (Fsp3) is 0.364. The van der Waals surface area contributed by atoms with Gasteiger partial charge in [0.2, 0.25) is 0 Å². The lowest BCUT2D eigenvalue weighted by Gasteiger charge is -2.23. The number of hydrogen-bond acceptors (Lipinski definition) is 5. The quantitative estimate of drug-likeness (QED) is 0.598. The van der Waals surface area contributed by atoms with Gasteiger partial charge in [-0.3, -0.25) is 10.1 Å². The number of carbonyl (C=O) groups excluding carboxylic acids is 3. The van der Waals surface area contributed by atoms with Gasteiger partial charge in [-0.2, -0.15) is 0 Å². The first-order valence-electron chi connectivity index (χ1n) is 9.87. The highest BCUT2D eigenvalue weighted by Gasteiger charge is 2.21. The van der Waals surface area contributed by atoms with Gasteiger partial charge in [0.15, 0.2) is 6.10 Å². The van der Waals surface area contributed by atoms with Crippen molar-refractivity contribution < 1.29 is 19.1 Å². The Morgan fingerprint density at radius 1 is 1.10 bits per heavy atom. The standard InChI is InChI=1S/C22H25N3O4/c1-15(21(27)25-22(28)24-17-8-3-2-4-9-17)29-20(26)14-13-18-12-11-16-7-5-6-10-19(16)23-18/h5-7,10-15,17H,2-4,8-9H2,1H3,(H2,24,25,27,28). The fourth-order valence-corrected chi connectivity index (χ4v) is 3.28. The minimum absolute atomic E-state index is 0.0896. The molecule has 0 radical (unpaired) electrons. The highest BCUT2D eigenvalue weighted by atomic mass is 16.5. The summed E-state index contributed by atoms with van der Waals surface area (Å²) in [6.45, 7) is 1.42. The third-order valence-corrected chi connectivity index (χ3v) is 4.85. The van der Waals surface area contributed by atoms with Gasteiger partial charge in [-0.25, -0.2) is 14.6 Å². The molecule has 3 amide bonds. The average Bonchev–Trinajstić information content (AvgIpc) is 2.72. The van der Waals surface area contributed by atoms with Crippen LogP contribution in [0.15, 0.2) is 42.5 Å². The SMILES string of the molecule is CC(OC(=O)C=Cc1ccc2ccccc2n1)C(=O)NC(=O)NC1CCCCC1. The second kappa shape index (κ2) is 9.82. The Balaban J connectivity index is 1.47. The predicted molar refractivity (Wildman–Crippen MR) is 110 cm³/mol. The molecule has 1 aromatic carbocycles. The molecule has 2 aromatic rings. The summed E-state index contributed by atoms with van der Waals surface area (Å²) in [4.78, 5) is 40.4. The van der Waals surface area contributed by atoms with Crippen LogP contribution in [0.4, 0.5) is 4.79 Å². The molecule has 1 saturated carbocycles. The molecule has 1 atom stereocenters. The summed E-state index contributed by atoms with van der Waals surface area (Å²) in [7, 11) is 0. The number of imide groups is 1. The van der Waals surface area contributed by atoms with Crippen LogP contribution in [0, 0.1) is 0 Å². The monoisotopic (exact) mass is 395 g/mol. The molecular formula is C22H25N3O4. The van der Waals surface area contributed by atoms with Crippen molar-refractivity contribution in [2.24, 2.45) is 0 Å². The van der Waals surface area contributed by atoms with E-state index in [2.05, 4.69) is 15.6 Å². The van der Waals surface area contributed by atoms with Gasteiger partial charge in [-0.1, -0.05) is 43.5 Å². The smallest absolute Gasteiger partial charge is 0.331 e. The highest BCUT2D eigenvalue weighted by molar-refractivity contribution is 5.98. The Morgan fingerprint density at radius 2 is 1.86 bits per heavy atom. The molecule has 0 saturated heterocycles. The van der Waals surface area contributed by atoms with Crippen LogP contribution in [-0.4, -0.2) is 35.0 Å². The summed E-state index contributed by atoms with van der Waals surface area (Å²) in [5.74, 6) is -1.35. The third-order valence-electron chi connectivity index (χ3n) is 4.85. The van der Waals surface area contributed by atoms with Gasteiger partial charge in [0.1, 0.15) is 0 Å². The van der Waals surface area contributed by atoms with E-state index in [0.29, 0.717) is 5.69 Å². The van der Waals surface area contributed by atoms with Crippen molar-refractivity contribution in [2.75, 3.05) is 0 Å². The number of fused-ring (bicyclic) bond motifs is 1. The van der Waals surface area contributed by atoms with Crippen LogP contribution in [0.25, 0.3) is 17.0 Å². The molecule has 2 N–H and O–H groups in total. The van der Waals surface area contributed by atoms with Crippen LogP contribution >= 0.6 is 0 Å². The minimum atomic E-state index is -1.09. The van der Waals surface area contributed by atoms with E-state index in [4.69, 9.17) is 4.74 Å². The minimum Gasteiger partial charge on any atom is -0.449 e. The molecule has 0 spiro atoms. The second-order valence-corrected chi connectivity index (χ2v) is 7.14. The summed E-state index contributed by atoms with van der Waals surface area (Å²) >= 11 is 0. The van der Waals surface area contributed by atoms with Crippen LogP contribution in [0.3, 0.4) is 0 Å². The van der Waals surface area contributed by atoms with Crippen LogP contribution in [0.5, 0.6) is 0 Å². The number of esters is 1. The summed E-state index contributed by atoms with van der Waals surface area (Å²) in [6.07, 6.45) is 6.80. The zero-order chi connectivity index (χ0) is 20.6. The maximum Gasteiger partial charge on any atom is 0.331 e. The number of nitrogens with one attached hydrogen (secondary N) is 2. The number of hydrogen-bond donors (Lipinski definition) is 2. The molecule has 7 nitrogen and oxygen atoms in total. The summed E-state index contributed by atoms with van der Waals surface area (Å²) < 4.78 is 5.07. The lowest BCUT2D eigenvalue weighted by Crippen LogP contribution is -2.48. The first-order chi connectivity index (χ1) is 14.0. The second-order valence-electron chi connectivity index (χ2n) is 7.14. The van der Waals surface area contributed by atoms with E-state index in [0.717, 1.165) is 36.6 Å².